The molecule has 0 amide bonds. The fourth-order valence-corrected chi connectivity index (χ4v) is 4.94. The lowest BCUT2D eigenvalue weighted by Gasteiger charge is -2.54. The van der Waals surface area contributed by atoms with Crippen LogP contribution in [0.5, 0.6) is 0 Å². The van der Waals surface area contributed by atoms with E-state index in [1.807, 2.05) is 44.2 Å². The molecular weight excluding hydrogens is 432 g/mol. The number of hydrogen-bond donors (Lipinski definition) is 2. The zero-order valence-electron chi connectivity index (χ0n) is 18.4. The first kappa shape index (κ1) is 23.3. The number of aliphatic hydroxyl groups excluding tert-OH is 1. The van der Waals surface area contributed by atoms with Crippen molar-refractivity contribution in [2.24, 2.45) is 0 Å². The lowest BCUT2D eigenvalue weighted by Crippen LogP contribution is -2.62. The number of hydrogen-bond acceptors (Lipinski definition) is 3. The number of nitrogens with one attached hydrogen (secondary N) is 1. The Balaban J connectivity index is 2.02. The smallest absolute Gasteiger partial charge is 0.361 e. The van der Waals surface area contributed by atoms with E-state index in [2.05, 4.69) is 5.32 Å². The largest absolute Gasteiger partial charge is 0.401 e. The minimum Gasteiger partial charge on any atom is -0.361 e. The molecule has 0 bridgehead atoms. The van der Waals surface area contributed by atoms with Crippen LogP contribution in [0.4, 0.5) is 23.2 Å². The maximum atomic E-state index is 14.5. The van der Waals surface area contributed by atoms with Crippen LogP contribution in [-0.4, -0.2) is 29.1 Å². The number of nitrogens with zero attached hydrogens (tertiary/aromatic N) is 1. The van der Waals surface area contributed by atoms with Crippen LogP contribution in [0.1, 0.15) is 37.0 Å². The van der Waals surface area contributed by atoms with E-state index in [1.54, 1.807) is 30.3 Å². The molecule has 0 spiro atoms. The van der Waals surface area contributed by atoms with E-state index in [4.69, 9.17) is 0 Å². The maximum absolute atomic E-state index is 14.5. The third kappa shape index (κ3) is 4.48. The van der Waals surface area contributed by atoms with Crippen LogP contribution < -0.4 is 5.32 Å². The van der Waals surface area contributed by atoms with E-state index in [9.17, 15) is 22.7 Å². The summed E-state index contributed by atoms with van der Waals surface area (Å²) in [5, 5.41) is 13.7. The van der Waals surface area contributed by atoms with Gasteiger partial charge in [0, 0.05) is 11.3 Å². The highest BCUT2D eigenvalue weighted by atomic mass is 19.4. The Bertz CT molecular complexity index is 1100. The van der Waals surface area contributed by atoms with Crippen molar-refractivity contribution in [3.8, 4) is 0 Å². The minimum atomic E-state index is -4.59. The number of alkyl halides is 3. The third-order valence-electron chi connectivity index (χ3n) is 6.35. The van der Waals surface area contributed by atoms with Crippen molar-refractivity contribution >= 4 is 5.69 Å². The highest BCUT2D eigenvalue weighted by molar-refractivity contribution is 5.61. The van der Waals surface area contributed by atoms with Gasteiger partial charge in [-0.05, 0) is 41.2 Å². The summed E-state index contributed by atoms with van der Waals surface area (Å²) in [6.45, 7) is 2.52. The Morgan fingerprint density at radius 3 is 2.15 bits per heavy atom. The van der Waals surface area contributed by atoms with Crippen molar-refractivity contribution in [1.29, 1.82) is 0 Å². The summed E-state index contributed by atoms with van der Waals surface area (Å²) >= 11 is 0. The van der Waals surface area contributed by atoms with E-state index >= 15 is 0 Å². The normalized spacial score (nSPS) is 21.4. The van der Waals surface area contributed by atoms with Crippen LogP contribution in [0, 0.1) is 5.82 Å². The molecule has 0 saturated carbocycles. The molecular formula is C26H26F4N2O. The van der Waals surface area contributed by atoms with Crippen LogP contribution in [0.25, 0.3) is 0 Å². The SMILES string of the molecule is CC(C)(CC1(c2ccccc2)c2cc(F)ccc2NC(O)N1CC(F)(F)F)c1ccccc1. The molecule has 33 heavy (non-hydrogen) atoms. The van der Waals surface area contributed by atoms with Crippen molar-refractivity contribution < 1.29 is 22.7 Å². The van der Waals surface area contributed by atoms with Gasteiger partial charge in [0.15, 0.2) is 6.35 Å². The molecule has 2 N–H and O–H groups in total. The van der Waals surface area contributed by atoms with E-state index in [0.29, 0.717) is 16.8 Å². The van der Waals surface area contributed by atoms with Crippen molar-refractivity contribution in [2.45, 2.75) is 43.8 Å². The molecule has 3 aromatic carbocycles. The molecule has 0 fully saturated rings. The van der Waals surface area contributed by atoms with Crippen LogP contribution >= 0.6 is 0 Å². The fourth-order valence-electron chi connectivity index (χ4n) is 4.94. The summed E-state index contributed by atoms with van der Waals surface area (Å²) in [5.41, 5.74) is 0.144. The summed E-state index contributed by atoms with van der Waals surface area (Å²) in [4.78, 5) is 0.995. The summed E-state index contributed by atoms with van der Waals surface area (Å²) in [6.07, 6.45) is -6.06. The van der Waals surface area contributed by atoms with E-state index in [-0.39, 0.29) is 6.42 Å². The van der Waals surface area contributed by atoms with Gasteiger partial charge in [0.1, 0.15) is 5.82 Å². The molecule has 7 heteroatoms. The first-order valence-electron chi connectivity index (χ1n) is 10.7. The van der Waals surface area contributed by atoms with Gasteiger partial charge in [0.25, 0.3) is 0 Å². The molecule has 1 aliphatic rings. The molecule has 3 nitrogen and oxygen atoms in total. The Kier molecular flexibility index (Phi) is 5.97. The van der Waals surface area contributed by atoms with E-state index < -0.39 is 35.8 Å². The molecule has 1 heterocycles. The second kappa shape index (κ2) is 8.47. The summed E-state index contributed by atoms with van der Waals surface area (Å²) in [5.74, 6) is -0.559. The molecule has 2 unspecified atom stereocenters. The summed E-state index contributed by atoms with van der Waals surface area (Å²) in [7, 11) is 0. The number of benzene rings is 3. The zero-order chi connectivity index (χ0) is 23.9. The van der Waals surface area contributed by atoms with Gasteiger partial charge in [0.05, 0.1) is 12.1 Å². The Labute approximate surface area is 190 Å². The highest BCUT2D eigenvalue weighted by Gasteiger charge is 2.53. The average Bonchev–Trinajstić information content (AvgIpc) is 2.77. The van der Waals surface area contributed by atoms with E-state index in [1.165, 1.54) is 18.2 Å². The second-order valence-electron chi connectivity index (χ2n) is 9.10. The quantitative estimate of drug-likeness (QED) is 0.460. The molecule has 174 valence electrons. The molecule has 0 aromatic heterocycles. The van der Waals surface area contributed by atoms with Crippen molar-refractivity contribution in [2.75, 3.05) is 11.9 Å². The van der Waals surface area contributed by atoms with Gasteiger partial charge < -0.3 is 10.4 Å². The maximum Gasteiger partial charge on any atom is 0.401 e. The van der Waals surface area contributed by atoms with Crippen molar-refractivity contribution in [3.63, 3.8) is 0 Å². The predicted molar refractivity (Wildman–Crippen MR) is 120 cm³/mol. The second-order valence-corrected chi connectivity index (χ2v) is 9.10. The van der Waals surface area contributed by atoms with Crippen LogP contribution in [-0.2, 0) is 11.0 Å². The fraction of sp³-hybridized carbons (Fsp3) is 0.308. The lowest BCUT2D eigenvalue weighted by atomic mass is 9.66. The molecule has 2 atom stereocenters. The van der Waals surface area contributed by atoms with Crippen molar-refractivity contribution in [3.05, 3.63) is 101 Å². The Morgan fingerprint density at radius 2 is 1.55 bits per heavy atom. The number of halogens is 4. The van der Waals surface area contributed by atoms with Crippen LogP contribution in [0.3, 0.4) is 0 Å². The standard InChI is InChI=1S/C26H26F4N2O/c1-24(2,18-9-5-3-6-10-18)16-25(19-11-7-4-8-12-19)21-15-20(27)13-14-22(21)31-23(33)32(25)17-26(28,29)30/h3-15,23,31,33H,16-17H2,1-2H3. The lowest BCUT2D eigenvalue weighted by molar-refractivity contribution is -0.185. The van der Waals surface area contributed by atoms with Crippen LogP contribution in [0.15, 0.2) is 78.9 Å². The summed E-state index contributed by atoms with van der Waals surface area (Å²) < 4.78 is 56.0. The van der Waals surface area contributed by atoms with Gasteiger partial charge >= 0.3 is 6.18 Å². The predicted octanol–water partition coefficient (Wildman–Crippen LogP) is 6.00. The average molecular weight is 458 g/mol. The molecule has 0 radical (unpaired) electrons. The number of anilines is 1. The van der Waals surface area contributed by atoms with Gasteiger partial charge in [0.2, 0.25) is 0 Å². The van der Waals surface area contributed by atoms with Gasteiger partial charge in [-0.2, -0.15) is 13.2 Å². The minimum absolute atomic E-state index is 0.166. The number of fused-ring (bicyclic) bond motifs is 1. The zero-order valence-corrected chi connectivity index (χ0v) is 18.4. The molecule has 0 saturated heterocycles. The van der Waals surface area contributed by atoms with E-state index in [0.717, 1.165) is 10.5 Å². The number of aliphatic hydroxyl groups is 1. The third-order valence-corrected chi connectivity index (χ3v) is 6.35. The van der Waals surface area contributed by atoms with Gasteiger partial charge in [-0.15, -0.1) is 0 Å². The summed E-state index contributed by atoms with van der Waals surface area (Å²) in [6, 6.07) is 22.2. The Morgan fingerprint density at radius 1 is 0.939 bits per heavy atom. The van der Waals surface area contributed by atoms with Gasteiger partial charge in [-0.3, -0.25) is 0 Å². The monoisotopic (exact) mass is 458 g/mol. The molecule has 3 aromatic rings. The Hall–Kier alpha value is -2.90. The molecule has 0 aliphatic carbocycles. The number of rotatable bonds is 5. The first-order valence-corrected chi connectivity index (χ1v) is 10.7. The topological polar surface area (TPSA) is 35.5 Å². The van der Waals surface area contributed by atoms with Crippen LogP contribution in [0.2, 0.25) is 0 Å². The highest BCUT2D eigenvalue weighted by Crippen LogP contribution is 2.51. The first-order chi connectivity index (χ1) is 15.5. The van der Waals surface area contributed by atoms with Crippen molar-refractivity contribution in [1.82, 2.24) is 4.90 Å². The van der Waals surface area contributed by atoms with Gasteiger partial charge in [-0.25, -0.2) is 9.29 Å². The molecule has 1 aliphatic heterocycles. The van der Waals surface area contributed by atoms with Gasteiger partial charge in [-0.1, -0.05) is 74.5 Å². The molecule has 4 rings (SSSR count).